The van der Waals surface area contributed by atoms with Gasteiger partial charge in [-0.15, -0.1) is 12.4 Å². The molecule has 0 spiro atoms. The lowest BCUT2D eigenvalue weighted by atomic mass is 10.1. The minimum absolute atomic E-state index is 0. The molecule has 0 aliphatic rings. The van der Waals surface area contributed by atoms with Crippen LogP contribution in [0.2, 0.25) is 0 Å². The first-order valence-electron chi connectivity index (χ1n) is 7.30. The van der Waals surface area contributed by atoms with Crippen LogP contribution in [0.15, 0.2) is 30.3 Å². The topological polar surface area (TPSA) is 81.4 Å². The molecule has 1 amide bonds. The summed E-state index contributed by atoms with van der Waals surface area (Å²) in [6.45, 7) is 0.609. The number of carbonyl (C=O) groups is 2. The number of nitrogens with one attached hydrogen (secondary N) is 1. The van der Waals surface area contributed by atoms with E-state index in [0.717, 1.165) is 31.2 Å². The second kappa shape index (κ2) is 12.0. The van der Waals surface area contributed by atoms with Crippen LogP contribution in [-0.2, 0) is 14.3 Å². The normalized spacial score (nSPS) is 11.2. The van der Waals surface area contributed by atoms with Crippen LogP contribution in [0, 0.1) is 0 Å². The molecule has 1 unspecified atom stereocenters. The highest BCUT2D eigenvalue weighted by Gasteiger charge is 2.14. The molecule has 0 aromatic heterocycles. The lowest BCUT2D eigenvalue weighted by Gasteiger charge is -2.12. The number of benzene rings is 1. The molecule has 0 saturated heterocycles. The molecule has 124 valence electrons. The van der Waals surface area contributed by atoms with Crippen molar-refractivity contribution in [2.75, 3.05) is 13.7 Å². The summed E-state index contributed by atoms with van der Waals surface area (Å²) in [6, 6.07) is 8.69. The van der Waals surface area contributed by atoms with Crippen molar-refractivity contribution >= 4 is 24.3 Å². The van der Waals surface area contributed by atoms with E-state index in [-0.39, 0.29) is 24.3 Å². The molecule has 5 nitrogen and oxygen atoms in total. The van der Waals surface area contributed by atoms with E-state index in [2.05, 4.69) is 10.1 Å². The molecular formula is C16H25ClN2O3. The third-order valence-electron chi connectivity index (χ3n) is 3.28. The van der Waals surface area contributed by atoms with Gasteiger partial charge in [-0.2, -0.15) is 0 Å². The molecule has 0 aliphatic carbocycles. The fourth-order valence-electron chi connectivity index (χ4n) is 1.98. The van der Waals surface area contributed by atoms with E-state index in [1.807, 2.05) is 30.3 Å². The van der Waals surface area contributed by atoms with E-state index in [0.29, 0.717) is 13.0 Å². The van der Waals surface area contributed by atoms with E-state index >= 15 is 0 Å². The lowest BCUT2D eigenvalue weighted by molar-refractivity contribution is -0.140. The smallest absolute Gasteiger partial charge is 0.305 e. The third-order valence-corrected chi connectivity index (χ3v) is 3.28. The maximum atomic E-state index is 11.9. The molecule has 0 bridgehead atoms. The van der Waals surface area contributed by atoms with Crippen molar-refractivity contribution in [1.82, 2.24) is 5.32 Å². The van der Waals surface area contributed by atoms with Gasteiger partial charge >= 0.3 is 5.97 Å². The van der Waals surface area contributed by atoms with E-state index in [9.17, 15) is 9.59 Å². The largest absolute Gasteiger partial charge is 0.469 e. The molecule has 22 heavy (non-hydrogen) atoms. The highest BCUT2D eigenvalue weighted by atomic mass is 35.5. The van der Waals surface area contributed by atoms with E-state index in [4.69, 9.17) is 5.73 Å². The van der Waals surface area contributed by atoms with Gasteiger partial charge in [0.15, 0.2) is 0 Å². The number of rotatable bonds is 9. The molecule has 0 heterocycles. The highest BCUT2D eigenvalue weighted by molar-refractivity contribution is 5.85. The summed E-state index contributed by atoms with van der Waals surface area (Å²) < 4.78 is 4.57. The van der Waals surface area contributed by atoms with Crippen molar-refractivity contribution in [3.05, 3.63) is 35.9 Å². The van der Waals surface area contributed by atoms with Gasteiger partial charge in [-0.05, 0) is 18.4 Å². The van der Waals surface area contributed by atoms with Gasteiger partial charge in [0, 0.05) is 13.0 Å². The first-order chi connectivity index (χ1) is 10.1. The number of carbonyl (C=O) groups excluding carboxylic acids is 2. The minimum atomic E-state index is -0.620. The Balaban J connectivity index is 0.00000441. The van der Waals surface area contributed by atoms with Crippen molar-refractivity contribution in [2.45, 2.75) is 38.1 Å². The number of amides is 1. The second-order valence-corrected chi connectivity index (χ2v) is 4.92. The van der Waals surface area contributed by atoms with Gasteiger partial charge in [0.25, 0.3) is 0 Å². The number of hydrogen-bond donors (Lipinski definition) is 2. The Labute approximate surface area is 138 Å². The van der Waals surface area contributed by atoms with Gasteiger partial charge < -0.3 is 15.8 Å². The molecular weight excluding hydrogens is 304 g/mol. The molecule has 1 rings (SSSR count). The highest BCUT2D eigenvalue weighted by Crippen LogP contribution is 2.09. The fraction of sp³-hybridized carbons (Fsp3) is 0.500. The molecule has 0 fully saturated rings. The molecule has 0 saturated carbocycles. The van der Waals surface area contributed by atoms with Crippen molar-refractivity contribution in [3.63, 3.8) is 0 Å². The van der Waals surface area contributed by atoms with Gasteiger partial charge in [-0.3, -0.25) is 9.59 Å². The number of halogens is 1. The van der Waals surface area contributed by atoms with Gasteiger partial charge in [-0.1, -0.05) is 43.2 Å². The molecule has 6 heteroatoms. The number of unbranched alkanes of at least 4 members (excludes halogenated alkanes) is 3. The Kier molecular flexibility index (Phi) is 11.1. The third kappa shape index (κ3) is 8.00. The first-order valence-corrected chi connectivity index (χ1v) is 7.30. The average Bonchev–Trinajstić information content (AvgIpc) is 2.53. The summed E-state index contributed by atoms with van der Waals surface area (Å²) in [7, 11) is 1.40. The maximum absolute atomic E-state index is 11.9. The molecule has 1 atom stereocenters. The van der Waals surface area contributed by atoms with Gasteiger partial charge in [-0.25, -0.2) is 0 Å². The van der Waals surface area contributed by atoms with Gasteiger partial charge in [0.05, 0.1) is 7.11 Å². The quantitative estimate of drug-likeness (QED) is 0.538. The van der Waals surface area contributed by atoms with E-state index in [1.54, 1.807) is 0 Å². The van der Waals surface area contributed by atoms with Crippen LogP contribution in [0.25, 0.3) is 0 Å². The molecule has 1 aromatic rings. The van der Waals surface area contributed by atoms with E-state index < -0.39 is 6.04 Å². The van der Waals surface area contributed by atoms with Crippen LogP contribution in [0.3, 0.4) is 0 Å². The molecule has 3 N–H and O–H groups in total. The molecule has 0 aliphatic heterocycles. The number of nitrogens with two attached hydrogens (primary N) is 1. The Morgan fingerprint density at radius 1 is 1.14 bits per heavy atom. The number of ether oxygens (including phenoxy) is 1. The summed E-state index contributed by atoms with van der Waals surface area (Å²) in [5.74, 6) is -0.326. The SMILES string of the molecule is COC(=O)CCCCCCNC(=O)C(N)c1ccccc1.Cl. The average molecular weight is 329 g/mol. The summed E-state index contributed by atoms with van der Waals surface area (Å²) in [5.41, 5.74) is 6.70. The Morgan fingerprint density at radius 2 is 1.77 bits per heavy atom. The monoisotopic (exact) mass is 328 g/mol. The van der Waals surface area contributed by atoms with E-state index in [1.165, 1.54) is 7.11 Å². The molecule has 0 radical (unpaired) electrons. The summed E-state index contributed by atoms with van der Waals surface area (Å²) in [6.07, 6.45) is 4.09. The number of esters is 1. The van der Waals surface area contributed by atoms with Crippen LogP contribution >= 0.6 is 12.4 Å². The Morgan fingerprint density at radius 3 is 2.41 bits per heavy atom. The minimum Gasteiger partial charge on any atom is -0.469 e. The first kappa shape index (κ1) is 20.4. The van der Waals surface area contributed by atoms with Gasteiger partial charge in [0.1, 0.15) is 6.04 Å². The van der Waals surface area contributed by atoms with Crippen molar-refractivity contribution in [3.8, 4) is 0 Å². The van der Waals surface area contributed by atoms with Crippen LogP contribution in [0.1, 0.15) is 43.7 Å². The standard InChI is InChI=1S/C16H24N2O3.ClH/c1-21-14(19)11-7-2-3-8-12-18-16(20)15(17)13-9-5-4-6-10-13;/h4-6,9-10,15H,2-3,7-8,11-12,17H2,1H3,(H,18,20);1H. The predicted octanol–water partition coefficient (Wildman–Crippen LogP) is 2.35. The second-order valence-electron chi connectivity index (χ2n) is 4.92. The zero-order valence-electron chi connectivity index (χ0n) is 12.9. The van der Waals surface area contributed by atoms with Crippen molar-refractivity contribution in [1.29, 1.82) is 0 Å². The van der Waals surface area contributed by atoms with Crippen LogP contribution in [0.4, 0.5) is 0 Å². The number of hydrogen-bond acceptors (Lipinski definition) is 4. The van der Waals surface area contributed by atoms with Gasteiger partial charge in [0.2, 0.25) is 5.91 Å². The Bertz CT molecular complexity index is 440. The molecule has 1 aromatic carbocycles. The zero-order valence-corrected chi connectivity index (χ0v) is 13.7. The Hall–Kier alpha value is -1.59. The zero-order chi connectivity index (χ0) is 15.5. The van der Waals surface area contributed by atoms with Crippen LogP contribution < -0.4 is 11.1 Å². The fourth-order valence-corrected chi connectivity index (χ4v) is 1.98. The summed E-state index contributed by atoms with van der Waals surface area (Å²) in [4.78, 5) is 22.8. The number of methoxy groups -OCH3 is 1. The predicted molar refractivity (Wildman–Crippen MR) is 88.7 cm³/mol. The maximum Gasteiger partial charge on any atom is 0.305 e. The lowest BCUT2D eigenvalue weighted by Crippen LogP contribution is -2.34. The van der Waals surface area contributed by atoms with Crippen LogP contribution in [0.5, 0.6) is 0 Å². The summed E-state index contributed by atoms with van der Waals surface area (Å²) >= 11 is 0. The van der Waals surface area contributed by atoms with Crippen molar-refractivity contribution in [2.24, 2.45) is 5.73 Å². The summed E-state index contributed by atoms with van der Waals surface area (Å²) in [5, 5.41) is 2.84. The van der Waals surface area contributed by atoms with Crippen LogP contribution in [-0.4, -0.2) is 25.5 Å². The van der Waals surface area contributed by atoms with Crippen molar-refractivity contribution < 1.29 is 14.3 Å².